The van der Waals surface area contributed by atoms with Crippen molar-refractivity contribution in [2.45, 2.75) is 46.2 Å². The van der Waals surface area contributed by atoms with E-state index in [1.165, 1.54) is 11.1 Å². The first kappa shape index (κ1) is 16.7. The largest absolute Gasteiger partial charge is 0.361 e. The summed E-state index contributed by atoms with van der Waals surface area (Å²) in [5, 5.41) is 6.98. The van der Waals surface area contributed by atoms with E-state index in [-0.39, 0.29) is 11.9 Å². The SMILES string of the molecule is Cc1cccc(CN2CCC(NC(=O)c3c(C)noc3C)CC2)c1. The summed E-state index contributed by atoms with van der Waals surface area (Å²) in [6.45, 7) is 8.68. The number of aromatic nitrogens is 1. The Morgan fingerprint density at radius 3 is 2.67 bits per heavy atom. The number of benzene rings is 1. The normalized spacial score (nSPS) is 16.3. The van der Waals surface area contributed by atoms with Gasteiger partial charge in [0.25, 0.3) is 5.91 Å². The molecule has 5 nitrogen and oxygen atoms in total. The lowest BCUT2D eigenvalue weighted by Gasteiger charge is -2.32. The van der Waals surface area contributed by atoms with Crippen LogP contribution in [0.4, 0.5) is 0 Å². The molecule has 1 amide bonds. The molecule has 5 heteroatoms. The molecule has 0 spiro atoms. The van der Waals surface area contributed by atoms with Crippen molar-refractivity contribution >= 4 is 5.91 Å². The molecule has 0 atom stereocenters. The lowest BCUT2D eigenvalue weighted by atomic mass is 10.0. The van der Waals surface area contributed by atoms with Gasteiger partial charge in [-0.05, 0) is 39.2 Å². The van der Waals surface area contributed by atoms with Gasteiger partial charge in [-0.3, -0.25) is 9.69 Å². The lowest BCUT2D eigenvalue weighted by Crippen LogP contribution is -2.44. The minimum absolute atomic E-state index is 0.0663. The van der Waals surface area contributed by atoms with Gasteiger partial charge in [0.15, 0.2) is 0 Å². The first-order chi connectivity index (χ1) is 11.5. The van der Waals surface area contributed by atoms with Crippen LogP contribution in [-0.4, -0.2) is 35.1 Å². The van der Waals surface area contributed by atoms with E-state index < -0.39 is 0 Å². The first-order valence-electron chi connectivity index (χ1n) is 8.54. The van der Waals surface area contributed by atoms with E-state index in [9.17, 15) is 4.79 Å². The van der Waals surface area contributed by atoms with E-state index in [1.807, 2.05) is 0 Å². The number of nitrogens with one attached hydrogen (secondary N) is 1. The maximum absolute atomic E-state index is 12.4. The average Bonchev–Trinajstić information content (AvgIpc) is 2.88. The number of nitrogens with zero attached hydrogens (tertiary/aromatic N) is 2. The van der Waals surface area contributed by atoms with Crippen molar-refractivity contribution in [2.24, 2.45) is 0 Å². The van der Waals surface area contributed by atoms with Crippen molar-refractivity contribution in [3.05, 3.63) is 52.4 Å². The second-order valence-corrected chi connectivity index (χ2v) is 6.71. The number of carbonyl (C=O) groups excluding carboxylic acids is 1. The van der Waals surface area contributed by atoms with Crippen LogP contribution in [0.15, 0.2) is 28.8 Å². The molecule has 0 unspecified atom stereocenters. The fraction of sp³-hybridized carbons (Fsp3) is 0.474. The van der Waals surface area contributed by atoms with Gasteiger partial charge in [-0.1, -0.05) is 35.0 Å². The summed E-state index contributed by atoms with van der Waals surface area (Å²) in [5.41, 5.74) is 3.89. The van der Waals surface area contributed by atoms with Gasteiger partial charge in [0.1, 0.15) is 11.3 Å². The van der Waals surface area contributed by atoms with Crippen molar-refractivity contribution in [3.8, 4) is 0 Å². The highest BCUT2D eigenvalue weighted by Crippen LogP contribution is 2.17. The molecule has 3 rings (SSSR count). The summed E-state index contributed by atoms with van der Waals surface area (Å²) in [6.07, 6.45) is 1.95. The zero-order valence-corrected chi connectivity index (χ0v) is 14.6. The third kappa shape index (κ3) is 3.85. The molecule has 24 heavy (non-hydrogen) atoms. The van der Waals surface area contributed by atoms with Crippen LogP contribution in [0.5, 0.6) is 0 Å². The van der Waals surface area contributed by atoms with Crippen molar-refractivity contribution in [1.29, 1.82) is 0 Å². The molecule has 128 valence electrons. The zero-order valence-electron chi connectivity index (χ0n) is 14.6. The van der Waals surface area contributed by atoms with E-state index in [1.54, 1.807) is 13.8 Å². The van der Waals surface area contributed by atoms with Crippen LogP contribution in [0, 0.1) is 20.8 Å². The van der Waals surface area contributed by atoms with Gasteiger partial charge in [-0.2, -0.15) is 0 Å². The highest BCUT2D eigenvalue weighted by Gasteiger charge is 2.24. The molecular weight excluding hydrogens is 302 g/mol. The Labute approximate surface area is 143 Å². The summed E-state index contributed by atoms with van der Waals surface area (Å²) in [7, 11) is 0. The van der Waals surface area contributed by atoms with Crippen LogP contribution < -0.4 is 5.32 Å². The monoisotopic (exact) mass is 327 g/mol. The fourth-order valence-electron chi connectivity index (χ4n) is 3.37. The lowest BCUT2D eigenvalue weighted by molar-refractivity contribution is 0.0907. The number of carbonyl (C=O) groups is 1. The van der Waals surface area contributed by atoms with Gasteiger partial charge in [-0.25, -0.2) is 0 Å². The molecule has 1 aliphatic rings. The summed E-state index contributed by atoms with van der Waals surface area (Å²) < 4.78 is 5.08. The van der Waals surface area contributed by atoms with Crippen molar-refractivity contribution in [2.75, 3.05) is 13.1 Å². The van der Waals surface area contributed by atoms with Crippen LogP contribution in [0.2, 0.25) is 0 Å². The number of amides is 1. The van der Waals surface area contributed by atoms with Crippen LogP contribution in [0.25, 0.3) is 0 Å². The number of hydrogen-bond acceptors (Lipinski definition) is 4. The van der Waals surface area contributed by atoms with E-state index in [0.717, 1.165) is 32.5 Å². The molecular formula is C19H25N3O2. The van der Waals surface area contributed by atoms with E-state index in [0.29, 0.717) is 17.0 Å². The Morgan fingerprint density at radius 1 is 1.29 bits per heavy atom. The summed E-state index contributed by atoms with van der Waals surface area (Å²) in [6, 6.07) is 8.88. The number of aryl methyl sites for hydroxylation is 3. The molecule has 1 saturated heterocycles. The fourth-order valence-corrected chi connectivity index (χ4v) is 3.37. The maximum atomic E-state index is 12.4. The van der Waals surface area contributed by atoms with E-state index in [2.05, 4.69) is 46.6 Å². The van der Waals surface area contributed by atoms with Crippen LogP contribution in [0.3, 0.4) is 0 Å². The average molecular weight is 327 g/mol. The number of likely N-dealkylation sites (tertiary alicyclic amines) is 1. The molecule has 0 saturated carbocycles. The second kappa shape index (κ2) is 7.18. The first-order valence-corrected chi connectivity index (χ1v) is 8.54. The predicted octanol–water partition coefficient (Wildman–Crippen LogP) is 2.99. The molecule has 2 heterocycles. The summed E-state index contributed by atoms with van der Waals surface area (Å²) >= 11 is 0. The Bertz CT molecular complexity index is 696. The molecule has 1 fully saturated rings. The van der Waals surface area contributed by atoms with Gasteiger partial charge >= 0.3 is 0 Å². The third-order valence-electron chi connectivity index (χ3n) is 4.67. The van der Waals surface area contributed by atoms with Gasteiger partial charge < -0.3 is 9.84 Å². The molecule has 1 aliphatic heterocycles. The Balaban J connectivity index is 1.51. The number of hydrogen-bond donors (Lipinski definition) is 1. The zero-order chi connectivity index (χ0) is 17.1. The van der Waals surface area contributed by atoms with E-state index >= 15 is 0 Å². The highest BCUT2D eigenvalue weighted by atomic mass is 16.5. The number of rotatable bonds is 4. The smallest absolute Gasteiger partial charge is 0.257 e. The molecule has 1 aromatic heterocycles. The van der Waals surface area contributed by atoms with Gasteiger partial charge in [0, 0.05) is 25.7 Å². The Kier molecular flexibility index (Phi) is 5.00. The summed E-state index contributed by atoms with van der Waals surface area (Å²) in [5.74, 6) is 0.519. The minimum Gasteiger partial charge on any atom is -0.361 e. The molecule has 2 aromatic rings. The molecule has 1 aromatic carbocycles. The third-order valence-corrected chi connectivity index (χ3v) is 4.67. The van der Waals surface area contributed by atoms with Crippen LogP contribution in [-0.2, 0) is 6.54 Å². The van der Waals surface area contributed by atoms with Crippen LogP contribution in [0.1, 0.15) is 45.8 Å². The molecule has 0 aliphatic carbocycles. The molecule has 0 radical (unpaired) electrons. The van der Waals surface area contributed by atoms with E-state index in [4.69, 9.17) is 4.52 Å². The second-order valence-electron chi connectivity index (χ2n) is 6.71. The standard InChI is InChI=1S/C19H25N3O2/c1-13-5-4-6-16(11-13)12-22-9-7-17(8-10-22)20-19(23)18-14(2)21-24-15(18)3/h4-6,11,17H,7-10,12H2,1-3H3,(H,20,23). The molecule has 1 N–H and O–H groups in total. The quantitative estimate of drug-likeness (QED) is 0.938. The van der Waals surface area contributed by atoms with Gasteiger partial charge in [-0.15, -0.1) is 0 Å². The highest BCUT2D eigenvalue weighted by molar-refractivity contribution is 5.96. The molecule has 0 bridgehead atoms. The minimum atomic E-state index is -0.0663. The number of piperidine rings is 1. The summed E-state index contributed by atoms with van der Waals surface area (Å²) in [4.78, 5) is 14.9. The van der Waals surface area contributed by atoms with Crippen molar-refractivity contribution in [3.63, 3.8) is 0 Å². The van der Waals surface area contributed by atoms with Gasteiger partial charge in [0.05, 0.1) is 5.69 Å². The van der Waals surface area contributed by atoms with Gasteiger partial charge in [0.2, 0.25) is 0 Å². The van der Waals surface area contributed by atoms with Crippen molar-refractivity contribution in [1.82, 2.24) is 15.4 Å². The predicted molar refractivity (Wildman–Crippen MR) is 92.9 cm³/mol. The van der Waals surface area contributed by atoms with Crippen LogP contribution >= 0.6 is 0 Å². The Morgan fingerprint density at radius 2 is 2.04 bits per heavy atom. The topological polar surface area (TPSA) is 58.4 Å². The van der Waals surface area contributed by atoms with Crippen molar-refractivity contribution < 1.29 is 9.32 Å². The Hall–Kier alpha value is -2.14. The maximum Gasteiger partial charge on any atom is 0.257 e.